The lowest BCUT2D eigenvalue weighted by molar-refractivity contribution is -0.123. The minimum absolute atomic E-state index is 0.0509. The van der Waals surface area contributed by atoms with Gasteiger partial charge in [-0.2, -0.15) is 0 Å². The molecule has 7 nitrogen and oxygen atoms in total. The Morgan fingerprint density at radius 3 is 2.57 bits per heavy atom. The standard InChI is InChI=1S/C23H28N4O3/c1-15-9-11-18(12-10-15)24-23(30)17(3)26(4)14-22(29)27-16(2)13-21(28)25-19-7-5-6-8-20(19)27/h5-12,16-17H,13-14H2,1-4H3,(H,24,30)(H,25,28)/t16-,17-/m0/s1. The number of fused-ring (bicyclic) bond motifs is 1. The number of amides is 3. The third kappa shape index (κ3) is 4.86. The van der Waals surface area contributed by atoms with Crippen LogP contribution in [0.4, 0.5) is 17.1 Å². The number of nitrogens with one attached hydrogen (secondary N) is 2. The van der Waals surface area contributed by atoms with E-state index in [1.165, 1.54) is 0 Å². The average molecular weight is 409 g/mol. The zero-order chi connectivity index (χ0) is 21.8. The van der Waals surface area contributed by atoms with Crippen LogP contribution in [-0.4, -0.2) is 48.3 Å². The lowest BCUT2D eigenvalue weighted by atomic mass is 10.1. The molecule has 1 heterocycles. The van der Waals surface area contributed by atoms with Gasteiger partial charge in [-0.05, 0) is 52.1 Å². The number of benzene rings is 2. The molecule has 2 aromatic rings. The molecule has 0 unspecified atom stereocenters. The number of hydrogen-bond donors (Lipinski definition) is 2. The first kappa shape index (κ1) is 21.5. The smallest absolute Gasteiger partial charge is 0.241 e. The molecule has 30 heavy (non-hydrogen) atoms. The van der Waals surface area contributed by atoms with Crippen molar-refractivity contribution in [3.05, 3.63) is 54.1 Å². The summed E-state index contributed by atoms with van der Waals surface area (Å²) in [5, 5.41) is 5.74. The summed E-state index contributed by atoms with van der Waals surface area (Å²) in [6.07, 6.45) is 0.216. The Kier molecular flexibility index (Phi) is 6.52. The van der Waals surface area contributed by atoms with E-state index in [9.17, 15) is 14.4 Å². The SMILES string of the molecule is Cc1ccc(NC(=O)[C@H](C)N(C)CC(=O)N2c3ccccc3NC(=O)C[C@@H]2C)cc1. The molecule has 7 heteroatoms. The van der Waals surface area contributed by atoms with Gasteiger partial charge in [0, 0.05) is 18.2 Å². The van der Waals surface area contributed by atoms with Crippen molar-refractivity contribution in [2.45, 2.75) is 39.3 Å². The first-order valence-electron chi connectivity index (χ1n) is 10.0. The Morgan fingerprint density at radius 2 is 1.87 bits per heavy atom. The van der Waals surface area contributed by atoms with Gasteiger partial charge >= 0.3 is 0 Å². The van der Waals surface area contributed by atoms with Crippen molar-refractivity contribution >= 4 is 34.8 Å². The van der Waals surface area contributed by atoms with Gasteiger partial charge in [-0.1, -0.05) is 29.8 Å². The van der Waals surface area contributed by atoms with Crippen molar-refractivity contribution in [2.75, 3.05) is 29.1 Å². The second kappa shape index (κ2) is 9.09. The van der Waals surface area contributed by atoms with E-state index < -0.39 is 6.04 Å². The number of anilines is 3. The summed E-state index contributed by atoms with van der Waals surface area (Å²) in [7, 11) is 1.75. The third-order valence-corrected chi connectivity index (χ3v) is 5.37. The molecule has 0 radical (unpaired) electrons. The normalized spacial score (nSPS) is 17.0. The summed E-state index contributed by atoms with van der Waals surface area (Å²) < 4.78 is 0. The molecule has 0 aromatic heterocycles. The molecule has 0 saturated heterocycles. The summed E-state index contributed by atoms with van der Waals surface area (Å²) in [5.41, 5.74) is 3.12. The van der Waals surface area contributed by atoms with E-state index in [0.717, 1.165) is 11.3 Å². The molecule has 0 fully saturated rings. The summed E-state index contributed by atoms with van der Waals surface area (Å²) in [5.74, 6) is -0.469. The van der Waals surface area contributed by atoms with E-state index in [-0.39, 0.29) is 36.7 Å². The maximum Gasteiger partial charge on any atom is 0.241 e. The number of carbonyl (C=O) groups excluding carboxylic acids is 3. The lowest BCUT2D eigenvalue weighted by Crippen LogP contribution is -2.48. The number of likely N-dealkylation sites (N-methyl/N-ethyl adjacent to an activating group) is 1. The number of hydrogen-bond acceptors (Lipinski definition) is 4. The van der Waals surface area contributed by atoms with Crippen LogP contribution in [0.25, 0.3) is 0 Å². The molecule has 0 saturated carbocycles. The molecule has 2 atom stereocenters. The van der Waals surface area contributed by atoms with Gasteiger partial charge in [0.05, 0.1) is 24.0 Å². The van der Waals surface area contributed by atoms with Crippen LogP contribution in [0.3, 0.4) is 0 Å². The van der Waals surface area contributed by atoms with Crippen molar-refractivity contribution in [1.82, 2.24) is 4.90 Å². The van der Waals surface area contributed by atoms with Gasteiger partial charge in [0.25, 0.3) is 0 Å². The van der Waals surface area contributed by atoms with Crippen LogP contribution in [-0.2, 0) is 14.4 Å². The van der Waals surface area contributed by atoms with Gasteiger partial charge in [0.15, 0.2) is 0 Å². The van der Waals surface area contributed by atoms with Gasteiger partial charge in [-0.15, -0.1) is 0 Å². The Bertz CT molecular complexity index is 942. The fraction of sp³-hybridized carbons (Fsp3) is 0.348. The quantitative estimate of drug-likeness (QED) is 0.797. The topological polar surface area (TPSA) is 81.8 Å². The van der Waals surface area contributed by atoms with Gasteiger partial charge in [-0.3, -0.25) is 19.3 Å². The highest BCUT2D eigenvalue weighted by Gasteiger charge is 2.31. The molecule has 158 valence electrons. The fourth-order valence-corrected chi connectivity index (χ4v) is 3.48. The van der Waals surface area contributed by atoms with Crippen LogP contribution in [0, 0.1) is 6.92 Å². The fourth-order valence-electron chi connectivity index (χ4n) is 3.48. The Morgan fingerprint density at radius 1 is 1.20 bits per heavy atom. The van der Waals surface area contributed by atoms with E-state index in [0.29, 0.717) is 11.4 Å². The number of nitrogens with zero attached hydrogens (tertiary/aromatic N) is 2. The third-order valence-electron chi connectivity index (χ3n) is 5.37. The molecule has 3 rings (SSSR count). The predicted molar refractivity (Wildman–Crippen MR) is 119 cm³/mol. The van der Waals surface area contributed by atoms with E-state index >= 15 is 0 Å². The van der Waals surface area contributed by atoms with E-state index in [1.54, 1.807) is 29.8 Å². The van der Waals surface area contributed by atoms with E-state index in [1.807, 2.05) is 56.3 Å². The second-order valence-corrected chi connectivity index (χ2v) is 7.83. The van der Waals surface area contributed by atoms with Crippen molar-refractivity contribution in [3.63, 3.8) is 0 Å². The molecule has 0 bridgehead atoms. The van der Waals surface area contributed by atoms with Crippen molar-refractivity contribution in [2.24, 2.45) is 0 Å². The predicted octanol–water partition coefficient (Wildman–Crippen LogP) is 3.02. The summed E-state index contributed by atoms with van der Waals surface area (Å²) in [6.45, 7) is 5.66. The zero-order valence-electron chi connectivity index (χ0n) is 17.8. The minimum Gasteiger partial charge on any atom is -0.325 e. The number of para-hydroxylation sites is 2. The lowest BCUT2D eigenvalue weighted by Gasteiger charge is -2.31. The first-order chi connectivity index (χ1) is 14.3. The molecule has 0 aliphatic carbocycles. The largest absolute Gasteiger partial charge is 0.325 e. The molecule has 0 spiro atoms. The molecular weight excluding hydrogens is 380 g/mol. The Hall–Kier alpha value is -3.19. The van der Waals surface area contributed by atoms with E-state index in [4.69, 9.17) is 0 Å². The average Bonchev–Trinajstić information content (AvgIpc) is 2.83. The summed E-state index contributed by atoms with van der Waals surface area (Å²) in [4.78, 5) is 41.3. The highest BCUT2D eigenvalue weighted by atomic mass is 16.2. The van der Waals surface area contributed by atoms with Crippen LogP contribution < -0.4 is 15.5 Å². The maximum absolute atomic E-state index is 13.2. The molecule has 1 aliphatic rings. The summed E-state index contributed by atoms with van der Waals surface area (Å²) >= 11 is 0. The number of rotatable bonds is 5. The molecule has 3 amide bonds. The monoisotopic (exact) mass is 408 g/mol. The van der Waals surface area contributed by atoms with Gasteiger partial charge in [0.2, 0.25) is 17.7 Å². The summed E-state index contributed by atoms with van der Waals surface area (Å²) in [6, 6.07) is 14.0. The molecule has 2 aromatic carbocycles. The first-order valence-corrected chi connectivity index (χ1v) is 10.0. The van der Waals surface area contributed by atoms with Gasteiger partial charge in [0.1, 0.15) is 0 Å². The van der Waals surface area contributed by atoms with Gasteiger partial charge in [-0.25, -0.2) is 0 Å². The van der Waals surface area contributed by atoms with E-state index in [2.05, 4.69) is 10.6 Å². The second-order valence-electron chi connectivity index (χ2n) is 7.83. The highest BCUT2D eigenvalue weighted by molar-refractivity contribution is 6.05. The van der Waals surface area contributed by atoms with Crippen molar-refractivity contribution in [1.29, 1.82) is 0 Å². The Labute approximate surface area is 177 Å². The molecule has 1 aliphatic heterocycles. The number of carbonyl (C=O) groups is 3. The molecular formula is C23H28N4O3. The Balaban J connectivity index is 1.70. The van der Waals surface area contributed by atoms with Crippen molar-refractivity contribution in [3.8, 4) is 0 Å². The molecule has 2 N–H and O–H groups in total. The zero-order valence-corrected chi connectivity index (χ0v) is 17.8. The van der Waals surface area contributed by atoms with Gasteiger partial charge < -0.3 is 15.5 Å². The van der Waals surface area contributed by atoms with Crippen molar-refractivity contribution < 1.29 is 14.4 Å². The van der Waals surface area contributed by atoms with Crippen LogP contribution in [0.5, 0.6) is 0 Å². The maximum atomic E-state index is 13.2. The van der Waals surface area contributed by atoms with Crippen LogP contribution >= 0.6 is 0 Å². The number of aryl methyl sites for hydroxylation is 1. The van der Waals surface area contributed by atoms with Crippen LogP contribution in [0.1, 0.15) is 25.8 Å². The highest BCUT2D eigenvalue weighted by Crippen LogP contribution is 2.31. The minimum atomic E-state index is -0.507. The van der Waals surface area contributed by atoms with Crippen LogP contribution in [0.15, 0.2) is 48.5 Å². The van der Waals surface area contributed by atoms with Crippen LogP contribution in [0.2, 0.25) is 0 Å².